The minimum absolute atomic E-state index is 0.214. The molecule has 0 bridgehead atoms. The van der Waals surface area contributed by atoms with Crippen molar-refractivity contribution in [1.82, 2.24) is 0 Å². The van der Waals surface area contributed by atoms with Gasteiger partial charge in [-0.05, 0) is 17.8 Å². The highest BCUT2D eigenvalue weighted by molar-refractivity contribution is 5.08. The summed E-state index contributed by atoms with van der Waals surface area (Å²) in [5, 5.41) is 0. The van der Waals surface area contributed by atoms with Gasteiger partial charge in [0.2, 0.25) is 0 Å². The molecule has 9 heavy (non-hydrogen) atoms. The van der Waals surface area contributed by atoms with Crippen LogP contribution in [0.4, 0.5) is 4.39 Å². The monoisotopic (exact) mass is 131 g/mol. The fourth-order valence-corrected chi connectivity index (χ4v) is 1.46. The van der Waals surface area contributed by atoms with E-state index < -0.39 is 0 Å². The second kappa shape index (κ2) is 1.94. The Morgan fingerprint density at radius 3 is 2.11 bits per heavy atom. The van der Waals surface area contributed by atoms with Crippen molar-refractivity contribution < 1.29 is 4.39 Å². The zero-order chi connectivity index (χ0) is 7.07. The molecular formula is C7H14FN. The van der Waals surface area contributed by atoms with Gasteiger partial charge in [-0.25, -0.2) is 0 Å². The van der Waals surface area contributed by atoms with E-state index >= 15 is 0 Å². The smallest absolute Gasteiger partial charge is 0.0897 e. The molecule has 0 heterocycles. The van der Waals surface area contributed by atoms with E-state index in [0.29, 0.717) is 12.3 Å². The molecule has 1 rings (SSSR count). The summed E-state index contributed by atoms with van der Waals surface area (Å²) in [6, 6.07) is 0.244. The predicted molar refractivity (Wildman–Crippen MR) is 35.8 cm³/mol. The quantitative estimate of drug-likeness (QED) is 0.601. The standard InChI is InChI=1S/C7H14FN/c1-7(2)5(3-4-8)6(7)9/h5-6H,3-4,9H2,1-2H3/t5-,6-/m0/s1. The summed E-state index contributed by atoms with van der Waals surface area (Å²) in [7, 11) is 0. The molecule has 1 nitrogen and oxygen atoms in total. The van der Waals surface area contributed by atoms with Crippen LogP contribution in [0, 0.1) is 11.3 Å². The molecule has 2 N–H and O–H groups in total. The third-order valence-corrected chi connectivity index (χ3v) is 2.56. The molecule has 1 fully saturated rings. The molecule has 0 aromatic rings. The van der Waals surface area contributed by atoms with E-state index in [1.807, 2.05) is 0 Å². The summed E-state index contributed by atoms with van der Waals surface area (Å²) in [6.07, 6.45) is 0.647. The maximum atomic E-state index is 11.7. The first-order valence-electron chi connectivity index (χ1n) is 3.42. The van der Waals surface area contributed by atoms with Crippen LogP contribution in [0.2, 0.25) is 0 Å². The van der Waals surface area contributed by atoms with Gasteiger partial charge in [-0.3, -0.25) is 4.39 Å². The van der Waals surface area contributed by atoms with Gasteiger partial charge < -0.3 is 5.73 Å². The van der Waals surface area contributed by atoms with Gasteiger partial charge in [0.15, 0.2) is 0 Å². The summed E-state index contributed by atoms with van der Waals surface area (Å²) in [6.45, 7) is 3.97. The van der Waals surface area contributed by atoms with Crippen molar-refractivity contribution in [2.75, 3.05) is 6.67 Å². The van der Waals surface area contributed by atoms with Crippen LogP contribution in [0.1, 0.15) is 20.3 Å². The maximum Gasteiger partial charge on any atom is 0.0897 e. The number of hydrogen-bond acceptors (Lipinski definition) is 1. The summed E-state index contributed by atoms with van der Waals surface area (Å²) >= 11 is 0. The number of halogens is 1. The normalized spacial score (nSPS) is 38.7. The van der Waals surface area contributed by atoms with E-state index in [1.165, 1.54) is 0 Å². The SMILES string of the molecule is CC1(C)[C@@H](N)[C@@H]1CCF. The average molecular weight is 131 g/mol. The minimum Gasteiger partial charge on any atom is -0.327 e. The molecule has 1 aliphatic carbocycles. The third-order valence-electron chi connectivity index (χ3n) is 2.56. The van der Waals surface area contributed by atoms with Gasteiger partial charge in [0.05, 0.1) is 6.67 Å². The zero-order valence-electron chi connectivity index (χ0n) is 6.02. The lowest BCUT2D eigenvalue weighted by molar-refractivity contribution is 0.421. The molecule has 2 heteroatoms. The number of alkyl halides is 1. The van der Waals surface area contributed by atoms with Crippen molar-refractivity contribution in [1.29, 1.82) is 0 Å². The van der Waals surface area contributed by atoms with Crippen LogP contribution >= 0.6 is 0 Å². The highest BCUT2D eigenvalue weighted by atomic mass is 19.1. The van der Waals surface area contributed by atoms with E-state index in [4.69, 9.17) is 5.73 Å². The second-order valence-electron chi connectivity index (χ2n) is 3.43. The molecule has 54 valence electrons. The van der Waals surface area contributed by atoms with E-state index in [1.54, 1.807) is 0 Å². The molecule has 0 aromatic heterocycles. The van der Waals surface area contributed by atoms with Crippen LogP contribution < -0.4 is 5.73 Å². The lowest BCUT2D eigenvalue weighted by Gasteiger charge is -1.96. The molecule has 0 aromatic carbocycles. The van der Waals surface area contributed by atoms with Crippen molar-refractivity contribution in [3.63, 3.8) is 0 Å². The van der Waals surface area contributed by atoms with Gasteiger partial charge in [-0.1, -0.05) is 13.8 Å². The van der Waals surface area contributed by atoms with Crippen LogP contribution in [0.5, 0.6) is 0 Å². The molecule has 0 unspecified atom stereocenters. The lowest BCUT2D eigenvalue weighted by atomic mass is 10.1. The van der Waals surface area contributed by atoms with E-state index in [2.05, 4.69) is 13.8 Å². The fourth-order valence-electron chi connectivity index (χ4n) is 1.46. The molecule has 0 radical (unpaired) electrons. The Kier molecular flexibility index (Phi) is 1.51. The Morgan fingerprint density at radius 1 is 1.56 bits per heavy atom. The predicted octanol–water partition coefficient (Wildman–Crippen LogP) is 1.33. The van der Waals surface area contributed by atoms with Gasteiger partial charge in [0.1, 0.15) is 0 Å². The Bertz CT molecular complexity index is 111. The molecule has 0 amide bonds. The Labute approximate surface area is 55.4 Å². The van der Waals surface area contributed by atoms with Crippen LogP contribution in [0.25, 0.3) is 0 Å². The Hall–Kier alpha value is -0.110. The van der Waals surface area contributed by atoms with E-state index in [0.717, 1.165) is 0 Å². The molecule has 0 saturated heterocycles. The number of nitrogens with two attached hydrogens (primary N) is 1. The van der Waals surface area contributed by atoms with Crippen molar-refractivity contribution in [3.05, 3.63) is 0 Å². The molecule has 2 atom stereocenters. The van der Waals surface area contributed by atoms with Crippen molar-refractivity contribution in [2.45, 2.75) is 26.3 Å². The maximum absolute atomic E-state index is 11.7. The van der Waals surface area contributed by atoms with Crippen LogP contribution in [-0.4, -0.2) is 12.7 Å². The largest absolute Gasteiger partial charge is 0.327 e. The first-order valence-corrected chi connectivity index (χ1v) is 3.42. The van der Waals surface area contributed by atoms with Gasteiger partial charge in [0, 0.05) is 6.04 Å². The van der Waals surface area contributed by atoms with Crippen LogP contribution in [0.3, 0.4) is 0 Å². The summed E-state index contributed by atoms with van der Waals surface area (Å²) in [4.78, 5) is 0. The van der Waals surface area contributed by atoms with Gasteiger partial charge in [-0.15, -0.1) is 0 Å². The molecular weight excluding hydrogens is 117 g/mol. The second-order valence-corrected chi connectivity index (χ2v) is 3.43. The lowest BCUT2D eigenvalue weighted by Crippen LogP contribution is -2.06. The third kappa shape index (κ3) is 0.960. The van der Waals surface area contributed by atoms with Crippen molar-refractivity contribution in [3.8, 4) is 0 Å². The zero-order valence-corrected chi connectivity index (χ0v) is 6.02. The van der Waals surface area contributed by atoms with Gasteiger partial charge in [0.25, 0.3) is 0 Å². The van der Waals surface area contributed by atoms with Crippen LogP contribution in [0.15, 0.2) is 0 Å². The highest BCUT2D eigenvalue weighted by Crippen LogP contribution is 2.52. The first-order chi connectivity index (χ1) is 4.10. The molecule has 0 aliphatic heterocycles. The van der Waals surface area contributed by atoms with E-state index in [-0.39, 0.29) is 18.1 Å². The fraction of sp³-hybridized carbons (Fsp3) is 1.00. The average Bonchev–Trinajstić information content (AvgIpc) is 2.19. The highest BCUT2D eigenvalue weighted by Gasteiger charge is 2.54. The summed E-state index contributed by atoms with van der Waals surface area (Å²) in [5.74, 6) is 0.433. The minimum atomic E-state index is -0.220. The summed E-state index contributed by atoms with van der Waals surface area (Å²) in [5.41, 5.74) is 5.88. The Morgan fingerprint density at radius 2 is 2.00 bits per heavy atom. The molecule has 0 spiro atoms. The molecule has 1 saturated carbocycles. The van der Waals surface area contributed by atoms with Crippen molar-refractivity contribution in [2.24, 2.45) is 17.1 Å². The van der Waals surface area contributed by atoms with Gasteiger partial charge >= 0.3 is 0 Å². The Balaban J connectivity index is 2.33. The topological polar surface area (TPSA) is 26.0 Å². The first kappa shape index (κ1) is 7.00. The summed E-state index contributed by atoms with van der Waals surface area (Å²) < 4.78 is 11.7. The number of hydrogen-bond donors (Lipinski definition) is 1. The van der Waals surface area contributed by atoms with E-state index in [9.17, 15) is 4.39 Å². The van der Waals surface area contributed by atoms with Crippen LogP contribution in [-0.2, 0) is 0 Å². The molecule has 1 aliphatic rings. The number of rotatable bonds is 2. The van der Waals surface area contributed by atoms with Crippen molar-refractivity contribution >= 4 is 0 Å². The van der Waals surface area contributed by atoms with Gasteiger partial charge in [-0.2, -0.15) is 0 Å².